The van der Waals surface area contributed by atoms with Crippen LogP contribution in [0.3, 0.4) is 0 Å². The first-order valence-electron chi connectivity index (χ1n) is 9.02. The number of sulfonamides is 1. The summed E-state index contributed by atoms with van der Waals surface area (Å²) in [6.45, 7) is 2.48. The van der Waals surface area contributed by atoms with E-state index in [1.165, 1.54) is 31.7 Å². The van der Waals surface area contributed by atoms with Gasteiger partial charge in [0, 0.05) is 13.1 Å². The zero-order valence-corrected chi connectivity index (χ0v) is 17.6. The molecule has 0 aliphatic carbocycles. The van der Waals surface area contributed by atoms with Gasteiger partial charge in [-0.05, 0) is 49.7 Å². The van der Waals surface area contributed by atoms with Gasteiger partial charge in [-0.3, -0.25) is 4.79 Å². The van der Waals surface area contributed by atoms with Crippen LogP contribution in [0.5, 0.6) is 0 Å². The van der Waals surface area contributed by atoms with E-state index in [4.69, 9.17) is 16.3 Å². The minimum absolute atomic E-state index is 0.0385. The molecule has 1 aliphatic rings. The molecule has 0 saturated heterocycles. The smallest absolute Gasteiger partial charge is 0.340 e. The van der Waals surface area contributed by atoms with Gasteiger partial charge in [0.25, 0.3) is 5.91 Å². The molecule has 0 saturated carbocycles. The quantitative estimate of drug-likeness (QED) is 0.726. The van der Waals surface area contributed by atoms with Gasteiger partial charge < -0.3 is 9.64 Å². The molecule has 2 aromatic carbocycles. The average molecular weight is 437 g/mol. The maximum absolute atomic E-state index is 12.7. The number of carbonyl (C=O) groups is 2. The Morgan fingerprint density at radius 3 is 2.55 bits per heavy atom. The number of hydrogen-bond donors (Lipinski definition) is 1. The molecular formula is C20H21ClN2O5S. The molecule has 29 heavy (non-hydrogen) atoms. The molecule has 1 aliphatic heterocycles. The molecule has 1 N–H and O–H groups in total. The summed E-state index contributed by atoms with van der Waals surface area (Å²) in [7, 11) is -2.49. The summed E-state index contributed by atoms with van der Waals surface area (Å²) in [6.07, 6.45) is -0.299. The van der Waals surface area contributed by atoms with E-state index >= 15 is 0 Å². The third kappa shape index (κ3) is 4.60. The van der Waals surface area contributed by atoms with E-state index in [0.717, 1.165) is 18.1 Å². The minimum atomic E-state index is -3.75. The molecule has 0 bridgehead atoms. The largest absolute Gasteiger partial charge is 0.449 e. The van der Waals surface area contributed by atoms with E-state index in [-0.39, 0.29) is 21.4 Å². The number of halogens is 1. The van der Waals surface area contributed by atoms with Gasteiger partial charge >= 0.3 is 5.97 Å². The normalized spacial score (nSPS) is 14.8. The van der Waals surface area contributed by atoms with Crippen LogP contribution in [0.15, 0.2) is 47.4 Å². The first kappa shape index (κ1) is 21.3. The lowest BCUT2D eigenvalue weighted by Crippen LogP contribution is -2.42. The molecule has 9 heteroatoms. The molecule has 0 aromatic heterocycles. The molecule has 1 heterocycles. The van der Waals surface area contributed by atoms with Gasteiger partial charge in [-0.15, -0.1) is 0 Å². The number of carbonyl (C=O) groups excluding carboxylic acids is 2. The summed E-state index contributed by atoms with van der Waals surface area (Å²) in [5.41, 5.74) is 2.15. The Morgan fingerprint density at radius 1 is 1.17 bits per heavy atom. The van der Waals surface area contributed by atoms with Crippen LogP contribution >= 0.6 is 11.6 Å². The van der Waals surface area contributed by atoms with Crippen LogP contribution in [0, 0.1) is 0 Å². The van der Waals surface area contributed by atoms with E-state index in [0.29, 0.717) is 13.1 Å². The monoisotopic (exact) mass is 436 g/mol. The van der Waals surface area contributed by atoms with Crippen LogP contribution in [0.25, 0.3) is 0 Å². The van der Waals surface area contributed by atoms with Crippen LogP contribution in [0.4, 0.5) is 0 Å². The lowest BCUT2D eigenvalue weighted by atomic mass is 9.99. The van der Waals surface area contributed by atoms with E-state index in [1.807, 2.05) is 24.3 Å². The molecule has 2 aromatic rings. The molecule has 154 valence electrons. The number of hydrogen-bond acceptors (Lipinski definition) is 5. The fourth-order valence-corrected chi connectivity index (χ4v) is 4.11. The summed E-state index contributed by atoms with van der Waals surface area (Å²) in [6, 6.07) is 11.6. The third-order valence-electron chi connectivity index (χ3n) is 4.81. The van der Waals surface area contributed by atoms with Gasteiger partial charge in [-0.2, -0.15) is 0 Å². The summed E-state index contributed by atoms with van der Waals surface area (Å²) in [5.74, 6) is -1.18. The summed E-state index contributed by atoms with van der Waals surface area (Å²) in [5, 5.41) is 0.0385. The van der Waals surface area contributed by atoms with Crippen molar-refractivity contribution in [1.29, 1.82) is 0 Å². The Bertz CT molecular complexity index is 1050. The highest BCUT2D eigenvalue weighted by molar-refractivity contribution is 7.89. The SMILES string of the molecule is CNS(=O)(=O)c1ccc(Cl)c(C(=O)OC(C)C(=O)N2CCc3ccccc3C2)c1. The molecule has 0 spiro atoms. The molecular weight excluding hydrogens is 416 g/mol. The van der Waals surface area contributed by atoms with Crippen molar-refractivity contribution in [1.82, 2.24) is 9.62 Å². The van der Waals surface area contributed by atoms with E-state index < -0.39 is 22.1 Å². The fourth-order valence-electron chi connectivity index (χ4n) is 3.16. The molecule has 1 atom stereocenters. The number of nitrogens with one attached hydrogen (secondary N) is 1. The molecule has 1 amide bonds. The second-order valence-corrected chi connectivity index (χ2v) is 8.97. The predicted octanol–water partition coefficient (Wildman–Crippen LogP) is 2.38. The van der Waals surface area contributed by atoms with Gasteiger partial charge in [0.05, 0.1) is 15.5 Å². The van der Waals surface area contributed by atoms with Crippen LogP contribution in [-0.2, 0) is 32.5 Å². The lowest BCUT2D eigenvalue weighted by molar-refractivity contribution is -0.140. The molecule has 0 radical (unpaired) electrons. The maximum atomic E-state index is 12.7. The van der Waals surface area contributed by atoms with Gasteiger partial charge in [0.1, 0.15) is 0 Å². The maximum Gasteiger partial charge on any atom is 0.340 e. The van der Waals surface area contributed by atoms with Crippen LogP contribution in [0.2, 0.25) is 5.02 Å². The van der Waals surface area contributed by atoms with E-state index in [1.54, 1.807) is 4.90 Å². The van der Waals surface area contributed by atoms with Crippen LogP contribution < -0.4 is 4.72 Å². The predicted molar refractivity (Wildman–Crippen MR) is 108 cm³/mol. The Hall–Kier alpha value is -2.42. The van der Waals surface area contributed by atoms with Crippen molar-refractivity contribution in [3.8, 4) is 0 Å². The second kappa shape index (κ2) is 8.52. The first-order valence-corrected chi connectivity index (χ1v) is 10.9. The standard InChI is InChI=1S/C20H21ClN2O5S/c1-13(19(24)23-10-9-14-5-3-4-6-15(14)12-23)28-20(25)17-11-16(7-8-18(17)21)29(26,27)22-2/h3-8,11,13,22H,9-10,12H2,1-2H3. The molecule has 3 rings (SSSR count). The molecule has 1 unspecified atom stereocenters. The Morgan fingerprint density at radius 2 is 1.86 bits per heavy atom. The fraction of sp³-hybridized carbons (Fsp3) is 0.300. The number of esters is 1. The van der Waals surface area contributed by atoms with E-state index in [2.05, 4.69) is 4.72 Å². The minimum Gasteiger partial charge on any atom is -0.449 e. The second-order valence-electron chi connectivity index (χ2n) is 6.68. The zero-order valence-electron chi connectivity index (χ0n) is 16.0. The van der Waals surface area contributed by atoms with Crippen LogP contribution in [0.1, 0.15) is 28.4 Å². The highest BCUT2D eigenvalue weighted by Crippen LogP contribution is 2.23. The Balaban J connectivity index is 1.72. The topological polar surface area (TPSA) is 92.8 Å². The van der Waals surface area contributed by atoms with Crippen molar-refractivity contribution >= 4 is 33.5 Å². The summed E-state index contributed by atoms with van der Waals surface area (Å²) in [4.78, 5) is 26.8. The van der Waals surface area contributed by atoms with Crippen molar-refractivity contribution in [3.05, 3.63) is 64.2 Å². The Labute approximate surface area is 174 Å². The first-order chi connectivity index (χ1) is 13.7. The van der Waals surface area contributed by atoms with Crippen molar-refractivity contribution < 1.29 is 22.7 Å². The van der Waals surface area contributed by atoms with Gasteiger partial charge in [-0.1, -0.05) is 35.9 Å². The highest BCUT2D eigenvalue weighted by atomic mass is 35.5. The number of fused-ring (bicyclic) bond motifs is 1. The van der Waals surface area contributed by atoms with E-state index in [9.17, 15) is 18.0 Å². The lowest BCUT2D eigenvalue weighted by Gasteiger charge is -2.30. The number of amides is 1. The van der Waals surface area contributed by atoms with Gasteiger partial charge in [0.2, 0.25) is 10.0 Å². The van der Waals surface area contributed by atoms with Gasteiger partial charge in [-0.25, -0.2) is 17.9 Å². The van der Waals surface area contributed by atoms with Crippen molar-refractivity contribution in [2.45, 2.75) is 30.9 Å². The van der Waals surface area contributed by atoms with Crippen molar-refractivity contribution in [2.24, 2.45) is 0 Å². The summed E-state index contributed by atoms with van der Waals surface area (Å²) >= 11 is 6.04. The van der Waals surface area contributed by atoms with Crippen LogP contribution in [-0.4, -0.2) is 44.9 Å². The van der Waals surface area contributed by atoms with Crippen molar-refractivity contribution in [3.63, 3.8) is 0 Å². The molecule has 7 nitrogen and oxygen atoms in total. The van der Waals surface area contributed by atoms with Crippen molar-refractivity contribution in [2.75, 3.05) is 13.6 Å². The number of nitrogens with zero attached hydrogens (tertiary/aromatic N) is 1. The van der Waals surface area contributed by atoms with Gasteiger partial charge in [0.15, 0.2) is 6.10 Å². The molecule has 0 fully saturated rings. The zero-order chi connectivity index (χ0) is 21.2. The number of benzene rings is 2. The average Bonchev–Trinajstić information content (AvgIpc) is 2.72. The number of rotatable bonds is 5. The Kier molecular flexibility index (Phi) is 6.26. The number of ether oxygens (including phenoxy) is 1. The highest BCUT2D eigenvalue weighted by Gasteiger charge is 2.28. The summed E-state index contributed by atoms with van der Waals surface area (Å²) < 4.78 is 31.4. The third-order valence-corrected chi connectivity index (χ3v) is 6.55.